The quantitative estimate of drug-likeness (QED) is 0.708. The summed E-state index contributed by atoms with van der Waals surface area (Å²) in [4.78, 5) is 15.7. The fourth-order valence-corrected chi connectivity index (χ4v) is 1.62. The summed E-state index contributed by atoms with van der Waals surface area (Å²) in [5.41, 5.74) is 6.30. The number of aromatic amines is 1. The van der Waals surface area contributed by atoms with E-state index < -0.39 is 0 Å². The fourth-order valence-electron chi connectivity index (χ4n) is 1.35. The largest absolute Gasteiger partial charge is 0.398 e. The molecule has 0 spiro atoms. The molecule has 0 saturated carbocycles. The summed E-state index contributed by atoms with van der Waals surface area (Å²) < 4.78 is 0. The molecule has 7 heteroatoms. The standard InChI is InChI=1S/C10H10ClN5O/c11-6-2-1-3-7(12)9(6)10(17)13-4-8-14-5-15-16-8/h1-3,5H,4,12H2,(H,13,17)(H,14,15,16). The van der Waals surface area contributed by atoms with Crippen molar-refractivity contribution >= 4 is 23.2 Å². The molecule has 0 aliphatic rings. The van der Waals surface area contributed by atoms with Gasteiger partial charge in [0.25, 0.3) is 5.91 Å². The maximum absolute atomic E-state index is 11.8. The second-order valence-electron chi connectivity index (χ2n) is 3.32. The Hall–Kier alpha value is -2.08. The van der Waals surface area contributed by atoms with Gasteiger partial charge in [0.2, 0.25) is 0 Å². The van der Waals surface area contributed by atoms with Crippen molar-refractivity contribution in [2.45, 2.75) is 6.54 Å². The molecular formula is C10H10ClN5O. The minimum atomic E-state index is -0.343. The van der Waals surface area contributed by atoms with E-state index in [4.69, 9.17) is 17.3 Å². The van der Waals surface area contributed by atoms with Crippen LogP contribution in [0.3, 0.4) is 0 Å². The molecule has 2 aromatic rings. The van der Waals surface area contributed by atoms with Gasteiger partial charge < -0.3 is 11.1 Å². The van der Waals surface area contributed by atoms with Crippen molar-refractivity contribution in [1.82, 2.24) is 20.5 Å². The van der Waals surface area contributed by atoms with Gasteiger partial charge in [0, 0.05) is 5.69 Å². The summed E-state index contributed by atoms with van der Waals surface area (Å²) in [6, 6.07) is 4.92. The van der Waals surface area contributed by atoms with Crippen molar-refractivity contribution < 1.29 is 4.79 Å². The number of amides is 1. The van der Waals surface area contributed by atoms with Crippen molar-refractivity contribution in [1.29, 1.82) is 0 Å². The third-order valence-corrected chi connectivity index (χ3v) is 2.47. The fraction of sp³-hybridized carbons (Fsp3) is 0.100. The van der Waals surface area contributed by atoms with Crippen LogP contribution in [-0.4, -0.2) is 21.1 Å². The van der Waals surface area contributed by atoms with Crippen molar-refractivity contribution in [3.8, 4) is 0 Å². The third kappa shape index (κ3) is 2.54. The number of nitrogens with one attached hydrogen (secondary N) is 2. The Bertz CT molecular complexity index is 505. The molecule has 0 radical (unpaired) electrons. The molecule has 0 atom stereocenters. The van der Waals surface area contributed by atoms with Gasteiger partial charge in [-0.3, -0.25) is 9.89 Å². The number of rotatable bonds is 3. The lowest BCUT2D eigenvalue weighted by atomic mass is 10.1. The first-order chi connectivity index (χ1) is 8.18. The zero-order valence-electron chi connectivity index (χ0n) is 8.77. The minimum Gasteiger partial charge on any atom is -0.398 e. The minimum absolute atomic E-state index is 0.240. The smallest absolute Gasteiger partial charge is 0.255 e. The summed E-state index contributed by atoms with van der Waals surface area (Å²) in [6.45, 7) is 0.240. The second-order valence-corrected chi connectivity index (χ2v) is 3.73. The maximum atomic E-state index is 11.8. The number of hydrogen-bond donors (Lipinski definition) is 3. The van der Waals surface area contributed by atoms with E-state index in [2.05, 4.69) is 20.5 Å². The summed E-state index contributed by atoms with van der Waals surface area (Å²) in [6.07, 6.45) is 1.37. The molecule has 0 aliphatic heterocycles. The highest BCUT2D eigenvalue weighted by Gasteiger charge is 2.13. The van der Waals surface area contributed by atoms with Gasteiger partial charge in [-0.2, -0.15) is 5.10 Å². The number of carbonyl (C=O) groups excluding carboxylic acids is 1. The van der Waals surface area contributed by atoms with Crippen molar-refractivity contribution in [3.63, 3.8) is 0 Å². The van der Waals surface area contributed by atoms with Gasteiger partial charge in [-0.15, -0.1) is 0 Å². The molecule has 1 aromatic heterocycles. The van der Waals surface area contributed by atoms with Crippen LogP contribution in [0.2, 0.25) is 5.02 Å². The molecule has 2 rings (SSSR count). The zero-order chi connectivity index (χ0) is 12.3. The van der Waals surface area contributed by atoms with E-state index in [-0.39, 0.29) is 18.0 Å². The number of nitrogens with two attached hydrogens (primary N) is 1. The van der Waals surface area contributed by atoms with Gasteiger partial charge in [-0.05, 0) is 12.1 Å². The number of nitrogen functional groups attached to an aromatic ring is 1. The lowest BCUT2D eigenvalue weighted by molar-refractivity contribution is 0.0951. The second kappa shape index (κ2) is 4.84. The molecular weight excluding hydrogens is 242 g/mol. The highest BCUT2D eigenvalue weighted by molar-refractivity contribution is 6.34. The molecule has 0 unspecified atom stereocenters. The number of carbonyl (C=O) groups is 1. The van der Waals surface area contributed by atoms with Crippen molar-refractivity contribution in [3.05, 3.63) is 40.9 Å². The third-order valence-electron chi connectivity index (χ3n) is 2.15. The number of anilines is 1. The van der Waals surface area contributed by atoms with Gasteiger partial charge in [-0.1, -0.05) is 17.7 Å². The first-order valence-electron chi connectivity index (χ1n) is 4.85. The van der Waals surface area contributed by atoms with E-state index in [1.54, 1.807) is 18.2 Å². The highest BCUT2D eigenvalue weighted by atomic mass is 35.5. The normalized spacial score (nSPS) is 10.2. The van der Waals surface area contributed by atoms with E-state index in [0.29, 0.717) is 16.5 Å². The first-order valence-corrected chi connectivity index (χ1v) is 5.22. The Labute approximate surface area is 102 Å². The molecule has 1 heterocycles. The molecule has 1 aromatic carbocycles. The Morgan fingerprint density at radius 1 is 1.53 bits per heavy atom. The van der Waals surface area contributed by atoms with Gasteiger partial charge in [0.15, 0.2) is 0 Å². The van der Waals surface area contributed by atoms with Crippen LogP contribution in [0.5, 0.6) is 0 Å². The number of aromatic nitrogens is 3. The van der Waals surface area contributed by atoms with Gasteiger partial charge in [0.05, 0.1) is 17.1 Å². The van der Waals surface area contributed by atoms with Crippen LogP contribution in [0.1, 0.15) is 16.2 Å². The summed E-state index contributed by atoms with van der Waals surface area (Å²) in [5.74, 6) is 0.216. The lowest BCUT2D eigenvalue weighted by Gasteiger charge is -2.07. The van der Waals surface area contributed by atoms with Gasteiger partial charge in [-0.25, -0.2) is 4.98 Å². The molecule has 0 bridgehead atoms. The van der Waals surface area contributed by atoms with Crippen LogP contribution >= 0.6 is 11.6 Å². The number of hydrogen-bond acceptors (Lipinski definition) is 4. The van der Waals surface area contributed by atoms with Crippen LogP contribution in [0, 0.1) is 0 Å². The average Bonchev–Trinajstić information content (AvgIpc) is 2.79. The number of H-pyrrole nitrogens is 1. The molecule has 0 fully saturated rings. The van der Waals surface area contributed by atoms with Crippen LogP contribution in [0.4, 0.5) is 5.69 Å². The Morgan fingerprint density at radius 2 is 2.35 bits per heavy atom. The summed E-state index contributed by atoms with van der Waals surface area (Å²) in [5, 5.41) is 9.27. The van der Waals surface area contributed by atoms with E-state index in [1.165, 1.54) is 6.33 Å². The average molecular weight is 252 g/mol. The van der Waals surface area contributed by atoms with Crippen LogP contribution in [-0.2, 0) is 6.54 Å². The van der Waals surface area contributed by atoms with E-state index in [0.717, 1.165) is 0 Å². The Balaban J connectivity index is 2.10. The predicted octanol–water partition coefficient (Wildman–Crippen LogP) is 0.970. The molecule has 17 heavy (non-hydrogen) atoms. The first kappa shape index (κ1) is 11.4. The van der Waals surface area contributed by atoms with E-state index in [1.807, 2.05) is 0 Å². The topological polar surface area (TPSA) is 96.7 Å². The molecule has 0 saturated heterocycles. The molecule has 6 nitrogen and oxygen atoms in total. The van der Waals surface area contributed by atoms with E-state index >= 15 is 0 Å². The van der Waals surface area contributed by atoms with Gasteiger partial charge >= 0.3 is 0 Å². The maximum Gasteiger partial charge on any atom is 0.255 e. The van der Waals surface area contributed by atoms with Crippen LogP contribution in [0.15, 0.2) is 24.5 Å². The van der Waals surface area contributed by atoms with Crippen LogP contribution in [0.25, 0.3) is 0 Å². The molecule has 0 aliphatic carbocycles. The lowest BCUT2D eigenvalue weighted by Crippen LogP contribution is -2.24. The van der Waals surface area contributed by atoms with E-state index in [9.17, 15) is 4.79 Å². The predicted molar refractivity (Wildman–Crippen MR) is 63.4 cm³/mol. The number of benzene rings is 1. The summed E-state index contributed by atoms with van der Waals surface area (Å²) in [7, 11) is 0. The SMILES string of the molecule is Nc1cccc(Cl)c1C(=O)NCc1ncn[nH]1. The number of nitrogens with zero attached hydrogens (tertiary/aromatic N) is 2. The Morgan fingerprint density at radius 3 is 3.00 bits per heavy atom. The zero-order valence-corrected chi connectivity index (χ0v) is 9.53. The molecule has 88 valence electrons. The number of halogens is 1. The monoisotopic (exact) mass is 251 g/mol. The molecule has 4 N–H and O–H groups in total. The molecule has 1 amide bonds. The Kier molecular flexibility index (Phi) is 3.24. The van der Waals surface area contributed by atoms with Crippen molar-refractivity contribution in [2.75, 3.05) is 5.73 Å². The van der Waals surface area contributed by atoms with Crippen LogP contribution < -0.4 is 11.1 Å². The van der Waals surface area contributed by atoms with Gasteiger partial charge in [0.1, 0.15) is 12.2 Å². The summed E-state index contributed by atoms with van der Waals surface area (Å²) >= 11 is 5.91. The van der Waals surface area contributed by atoms with Crippen molar-refractivity contribution in [2.24, 2.45) is 0 Å². The highest BCUT2D eigenvalue weighted by Crippen LogP contribution is 2.21.